The third-order valence-electron chi connectivity index (χ3n) is 3.34. The maximum atomic E-state index is 12.9. The summed E-state index contributed by atoms with van der Waals surface area (Å²) in [5.74, 6) is 0.522. The minimum atomic E-state index is -0.291. The first-order chi connectivity index (χ1) is 11.7. The van der Waals surface area contributed by atoms with Gasteiger partial charge >= 0.3 is 0 Å². The van der Waals surface area contributed by atoms with Crippen molar-refractivity contribution in [3.05, 3.63) is 72.4 Å². The van der Waals surface area contributed by atoms with Gasteiger partial charge in [0.25, 0.3) is 0 Å². The molecular formula is C18H18FIN4O. The Morgan fingerprint density at radius 3 is 2.56 bits per heavy atom. The highest BCUT2D eigenvalue weighted by molar-refractivity contribution is 14.0. The largest absolute Gasteiger partial charge is 0.444 e. The molecule has 1 aromatic heterocycles. The number of aromatic nitrogens is 1. The van der Waals surface area contributed by atoms with Gasteiger partial charge in [-0.1, -0.05) is 18.2 Å². The molecule has 0 atom stereocenters. The van der Waals surface area contributed by atoms with E-state index in [2.05, 4.69) is 15.3 Å². The molecule has 0 spiro atoms. The maximum Gasteiger partial charge on any atom is 0.226 e. The van der Waals surface area contributed by atoms with Crippen LogP contribution in [0.25, 0.3) is 11.5 Å². The van der Waals surface area contributed by atoms with E-state index in [4.69, 9.17) is 10.2 Å². The van der Waals surface area contributed by atoms with E-state index in [-0.39, 0.29) is 29.8 Å². The molecule has 0 fully saturated rings. The predicted octanol–water partition coefficient (Wildman–Crippen LogP) is 4.07. The third-order valence-corrected chi connectivity index (χ3v) is 3.34. The van der Waals surface area contributed by atoms with E-state index in [1.54, 1.807) is 18.4 Å². The molecule has 3 rings (SSSR count). The number of nitrogens with two attached hydrogens (primary N) is 1. The highest BCUT2D eigenvalue weighted by Gasteiger charge is 2.06. The molecule has 0 bridgehead atoms. The molecule has 7 heteroatoms. The molecule has 0 saturated carbocycles. The highest BCUT2D eigenvalue weighted by atomic mass is 127. The van der Waals surface area contributed by atoms with E-state index in [1.807, 2.05) is 30.3 Å². The van der Waals surface area contributed by atoms with Crippen LogP contribution in [0.5, 0.6) is 0 Å². The molecule has 5 nitrogen and oxygen atoms in total. The number of nitrogens with zero attached hydrogens (tertiary/aromatic N) is 2. The van der Waals surface area contributed by atoms with Crippen LogP contribution < -0.4 is 11.1 Å². The summed E-state index contributed by atoms with van der Waals surface area (Å²) in [6.45, 7) is 0.487. The fourth-order valence-electron chi connectivity index (χ4n) is 2.15. The average molecular weight is 452 g/mol. The third kappa shape index (κ3) is 5.56. The first-order valence-electron chi connectivity index (χ1n) is 7.53. The summed E-state index contributed by atoms with van der Waals surface area (Å²) in [6.07, 6.45) is 2.18. The van der Waals surface area contributed by atoms with Crippen molar-refractivity contribution in [1.82, 2.24) is 4.98 Å². The Balaban J connectivity index is 0.00000225. The molecule has 3 aromatic rings. The lowest BCUT2D eigenvalue weighted by Gasteiger charge is -2.04. The van der Waals surface area contributed by atoms with Gasteiger partial charge in [-0.05, 0) is 36.4 Å². The molecule has 2 aromatic carbocycles. The molecule has 0 unspecified atom stereocenters. The summed E-state index contributed by atoms with van der Waals surface area (Å²) in [5.41, 5.74) is 8.23. The zero-order chi connectivity index (χ0) is 16.8. The van der Waals surface area contributed by atoms with Crippen molar-refractivity contribution in [2.75, 3.05) is 11.9 Å². The van der Waals surface area contributed by atoms with Gasteiger partial charge in [-0.25, -0.2) is 9.37 Å². The van der Waals surface area contributed by atoms with Crippen molar-refractivity contribution in [3.63, 3.8) is 0 Å². The van der Waals surface area contributed by atoms with Gasteiger partial charge in [0.2, 0.25) is 5.89 Å². The summed E-state index contributed by atoms with van der Waals surface area (Å²) >= 11 is 0. The van der Waals surface area contributed by atoms with E-state index in [9.17, 15) is 4.39 Å². The van der Waals surface area contributed by atoms with Crippen LogP contribution in [0.15, 0.2) is 70.3 Å². The van der Waals surface area contributed by atoms with Gasteiger partial charge in [0.15, 0.2) is 5.96 Å². The van der Waals surface area contributed by atoms with Crippen molar-refractivity contribution in [2.24, 2.45) is 10.7 Å². The van der Waals surface area contributed by atoms with Crippen LogP contribution in [0.3, 0.4) is 0 Å². The Morgan fingerprint density at radius 1 is 1.12 bits per heavy atom. The number of anilines is 1. The molecule has 0 radical (unpaired) electrons. The van der Waals surface area contributed by atoms with E-state index < -0.39 is 0 Å². The molecule has 0 amide bonds. The van der Waals surface area contributed by atoms with Crippen LogP contribution in [0.4, 0.5) is 10.1 Å². The lowest BCUT2D eigenvalue weighted by molar-refractivity contribution is 0.572. The van der Waals surface area contributed by atoms with Gasteiger partial charge in [0.05, 0.1) is 5.69 Å². The van der Waals surface area contributed by atoms with Crippen LogP contribution >= 0.6 is 24.0 Å². The van der Waals surface area contributed by atoms with Gasteiger partial charge in [-0.15, -0.1) is 24.0 Å². The number of benzene rings is 2. The van der Waals surface area contributed by atoms with E-state index in [0.717, 1.165) is 16.9 Å². The monoisotopic (exact) mass is 452 g/mol. The lowest BCUT2D eigenvalue weighted by Crippen LogP contribution is -2.23. The van der Waals surface area contributed by atoms with Crippen LogP contribution in [0, 0.1) is 5.82 Å². The number of halogens is 2. The first-order valence-corrected chi connectivity index (χ1v) is 7.53. The minimum absolute atomic E-state index is 0. The number of nitrogens with one attached hydrogen (secondary N) is 1. The second-order valence-electron chi connectivity index (χ2n) is 5.16. The fourth-order valence-corrected chi connectivity index (χ4v) is 2.15. The number of guanidine groups is 1. The molecule has 1 heterocycles. The molecule has 0 aliphatic heterocycles. The van der Waals surface area contributed by atoms with Gasteiger partial charge in [-0.3, -0.25) is 4.99 Å². The number of oxazole rings is 1. The van der Waals surface area contributed by atoms with Crippen LogP contribution in [0.1, 0.15) is 5.69 Å². The van der Waals surface area contributed by atoms with Crippen LogP contribution in [0.2, 0.25) is 0 Å². The number of hydrogen-bond acceptors (Lipinski definition) is 3. The van der Waals surface area contributed by atoms with Crippen molar-refractivity contribution < 1.29 is 8.81 Å². The highest BCUT2D eigenvalue weighted by Crippen LogP contribution is 2.19. The maximum absolute atomic E-state index is 12.9. The van der Waals surface area contributed by atoms with Crippen LogP contribution in [-0.4, -0.2) is 17.5 Å². The molecule has 3 N–H and O–H groups in total. The zero-order valence-corrected chi connectivity index (χ0v) is 15.7. The number of rotatable bonds is 5. The number of hydrogen-bond donors (Lipinski definition) is 2. The number of aliphatic imine (C=N–C) groups is 1. The quantitative estimate of drug-likeness (QED) is 0.348. The number of para-hydroxylation sites is 1. The Bertz CT molecular complexity index is 819. The second kappa shape index (κ2) is 9.16. The lowest BCUT2D eigenvalue weighted by atomic mass is 10.2. The summed E-state index contributed by atoms with van der Waals surface area (Å²) in [7, 11) is 0. The molecule has 0 aliphatic carbocycles. The molecule has 25 heavy (non-hydrogen) atoms. The van der Waals surface area contributed by atoms with Gasteiger partial charge < -0.3 is 15.5 Å². The SMILES string of the molecule is I.NC(=NCCc1coc(-c2ccc(F)cc2)n1)Nc1ccccc1. The van der Waals surface area contributed by atoms with Crippen molar-refractivity contribution in [3.8, 4) is 11.5 Å². The zero-order valence-electron chi connectivity index (χ0n) is 13.4. The Labute approximate surface area is 162 Å². The fraction of sp³-hybridized carbons (Fsp3) is 0.111. The molecule has 0 aliphatic rings. The summed E-state index contributed by atoms with van der Waals surface area (Å²) in [4.78, 5) is 8.63. The Hall–Kier alpha value is -2.42. The Kier molecular flexibility index (Phi) is 6.93. The molecular weight excluding hydrogens is 434 g/mol. The van der Waals surface area contributed by atoms with E-state index in [0.29, 0.717) is 24.8 Å². The predicted molar refractivity (Wildman–Crippen MR) is 108 cm³/mol. The smallest absolute Gasteiger partial charge is 0.226 e. The molecule has 0 saturated heterocycles. The second-order valence-corrected chi connectivity index (χ2v) is 5.16. The van der Waals surface area contributed by atoms with E-state index in [1.165, 1.54) is 12.1 Å². The van der Waals surface area contributed by atoms with Crippen molar-refractivity contribution in [1.29, 1.82) is 0 Å². The van der Waals surface area contributed by atoms with Crippen LogP contribution in [-0.2, 0) is 6.42 Å². The summed E-state index contributed by atoms with van der Waals surface area (Å²) in [6, 6.07) is 15.6. The summed E-state index contributed by atoms with van der Waals surface area (Å²) in [5, 5.41) is 3.01. The minimum Gasteiger partial charge on any atom is -0.444 e. The summed E-state index contributed by atoms with van der Waals surface area (Å²) < 4.78 is 18.3. The van der Waals surface area contributed by atoms with Crippen molar-refractivity contribution >= 4 is 35.6 Å². The average Bonchev–Trinajstić information content (AvgIpc) is 3.05. The topological polar surface area (TPSA) is 76.4 Å². The standard InChI is InChI=1S/C18H17FN4O.HI/c19-14-8-6-13(7-9-14)17-22-16(12-24-17)10-11-21-18(20)23-15-4-2-1-3-5-15;/h1-9,12H,10-11H2,(H3,20,21,23);1H. The van der Waals surface area contributed by atoms with Gasteiger partial charge in [0, 0.05) is 24.2 Å². The van der Waals surface area contributed by atoms with Crippen molar-refractivity contribution in [2.45, 2.75) is 6.42 Å². The Morgan fingerprint density at radius 2 is 1.84 bits per heavy atom. The normalized spacial score (nSPS) is 11.0. The van der Waals surface area contributed by atoms with Gasteiger partial charge in [-0.2, -0.15) is 0 Å². The first kappa shape index (κ1) is 18.9. The van der Waals surface area contributed by atoms with Gasteiger partial charge in [0.1, 0.15) is 12.1 Å². The van der Waals surface area contributed by atoms with E-state index >= 15 is 0 Å². The molecule has 130 valence electrons.